The second-order valence-corrected chi connectivity index (χ2v) is 4.64. The highest BCUT2D eigenvalue weighted by Gasteiger charge is 2.57. The van der Waals surface area contributed by atoms with Crippen molar-refractivity contribution in [2.24, 2.45) is 23.0 Å². The summed E-state index contributed by atoms with van der Waals surface area (Å²) >= 11 is 0. The van der Waals surface area contributed by atoms with Crippen molar-refractivity contribution in [1.29, 1.82) is 0 Å². The van der Waals surface area contributed by atoms with Gasteiger partial charge in [-0.2, -0.15) is 0 Å². The molecule has 1 fully saturated rings. The third-order valence-electron chi connectivity index (χ3n) is 3.35. The van der Waals surface area contributed by atoms with Crippen molar-refractivity contribution in [2.75, 3.05) is 0 Å². The molecule has 1 heteroatoms. The third kappa shape index (κ3) is 1.44. The highest BCUT2D eigenvalue weighted by molar-refractivity contribution is 5.10. The molecule has 0 bridgehead atoms. The predicted octanol–water partition coefficient (Wildman–Crippen LogP) is 2.41. The molecule has 0 heterocycles. The topological polar surface area (TPSA) is 26.0 Å². The van der Waals surface area contributed by atoms with Gasteiger partial charge in [0.25, 0.3) is 0 Å². The minimum atomic E-state index is 0.425. The zero-order chi connectivity index (χ0) is 8.65. The van der Waals surface area contributed by atoms with Gasteiger partial charge in [-0.15, -0.1) is 0 Å². The summed E-state index contributed by atoms with van der Waals surface area (Å²) in [6.45, 7) is 9.16. The van der Waals surface area contributed by atoms with Crippen LogP contribution >= 0.6 is 0 Å². The van der Waals surface area contributed by atoms with Gasteiger partial charge in [0.05, 0.1) is 0 Å². The maximum Gasteiger partial charge on any atom is 0.0130 e. The Morgan fingerprint density at radius 2 is 1.91 bits per heavy atom. The van der Waals surface area contributed by atoms with Crippen molar-refractivity contribution in [3.63, 3.8) is 0 Å². The third-order valence-corrected chi connectivity index (χ3v) is 3.35. The average Bonchev–Trinajstić information content (AvgIpc) is 2.34. The van der Waals surface area contributed by atoms with Crippen LogP contribution in [0.15, 0.2) is 0 Å². The summed E-state index contributed by atoms with van der Waals surface area (Å²) in [4.78, 5) is 0. The molecule has 1 rings (SSSR count). The fourth-order valence-electron chi connectivity index (χ4n) is 2.44. The van der Waals surface area contributed by atoms with Crippen LogP contribution in [0.3, 0.4) is 0 Å². The van der Waals surface area contributed by atoms with Crippen LogP contribution in [0.1, 0.15) is 40.5 Å². The highest BCUT2D eigenvalue weighted by atomic mass is 14.8. The minimum Gasteiger partial charge on any atom is -0.327 e. The molecule has 1 nitrogen and oxygen atoms in total. The number of hydrogen-bond donors (Lipinski definition) is 1. The first-order valence-electron chi connectivity index (χ1n) is 4.77. The molecule has 2 N–H and O–H groups in total. The molecule has 0 saturated heterocycles. The standard InChI is InChI=1S/C10H21N/c1-5-6-7(2)8-9(11)10(8,3)4/h7-9H,5-6,11H2,1-4H3/t7?,8-,9-/m0/s1. The van der Waals surface area contributed by atoms with Crippen molar-refractivity contribution in [1.82, 2.24) is 0 Å². The van der Waals surface area contributed by atoms with E-state index in [4.69, 9.17) is 5.73 Å². The highest BCUT2D eigenvalue weighted by Crippen LogP contribution is 2.55. The summed E-state index contributed by atoms with van der Waals surface area (Å²) in [7, 11) is 0. The van der Waals surface area contributed by atoms with Crippen molar-refractivity contribution in [3.05, 3.63) is 0 Å². The fraction of sp³-hybridized carbons (Fsp3) is 1.00. The molecule has 0 amide bonds. The minimum absolute atomic E-state index is 0.425. The van der Waals surface area contributed by atoms with E-state index in [0.29, 0.717) is 11.5 Å². The Bertz CT molecular complexity index is 140. The zero-order valence-corrected chi connectivity index (χ0v) is 8.22. The lowest BCUT2D eigenvalue weighted by Crippen LogP contribution is -2.08. The van der Waals surface area contributed by atoms with E-state index >= 15 is 0 Å². The number of hydrogen-bond acceptors (Lipinski definition) is 1. The van der Waals surface area contributed by atoms with Crippen LogP contribution in [0, 0.1) is 17.3 Å². The Balaban J connectivity index is 2.40. The SMILES string of the molecule is CCCC(C)[C@H]1[C@H](N)C1(C)C. The molecular formula is C10H21N. The van der Waals surface area contributed by atoms with Crippen molar-refractivity contribution < 1.29 is 0 Å². The van der Waals surface area contributed by atoms with Crippen LogP contribution in [-0.2, 0) is 0 Å². The smallest absolute Gasteiger partial charge is 0.0130 e. The molecule has 1 aliphatic carbocycles. The molecule has 1 aliphatic rings. The summed E-state index contributed by atoms with van der Waals surface area (Å²) in [5.41, 5.74) is 6.40. The summed E-state index contributed by atoms with van der Waals surface area (Å²) in [6, 6.07) is 0.462. The quantitative estimate of drug-likeness (QED) is 0.665. The number of nitrogens with two attached hydrogens (primary N) is 1. The van der Waals surface area contributed by atoms with E-state index in [9.17, 15) is 0 Å². The average molecular weight is 155 g/mol. The Morgan fingerprint density at radius 3 is 2.18 bits per heavy atom. The maximum atomic E-state index is 5.98. The van der Waals surface area contributed by atoms with E-state index in [1.54, 1.807) is 0 Å². The van der Waals surface area contributed by atoms with Crippen molar-refractivity contribution >= 4 is 0 Å². The molecule has 0 aromatic heterocycles. The van der Waals surface area contributed by atoms with Crippen molar-refractivity contribution in [3.8, 4) is 0 Å². The van der Waals surface area contributed by atoms with E-state index < -0.39 is 0 Å². The van der Waals surface area contributed by atoms with Gasteiger partial charge >= 0.3 is 0 Å². The van der Waals surface area contributed by atoms with Gasteiger partial charge in [-0.05, 0) is 17.3 Å². The van der Waals surface area contributed by atoms with Gasteiger partial charge in [0.15, 0.2) is 0 Å². The van der Waals surface area contributed by atoms with Crippen molar-refractivity contribution in [2.45, 2.75) is 46.6 Å². The molecule has 66 valence electrons. The molecular weight excluding hydrogens is 134 g/mol. The molecule has 1 unspecified atom stereocenters. The Kier molecular flexibility index (Phi) is 2.29. The van der Waals surface area contributed by atoms with E-state index in [1.807, 2.05) is 0 Å². The fourth-order valence-corrected chi connectivity index (χ4v) is 2.44. The normalized spacial score (nSPS) is 36.8. The molecule has 0 radical (unpaired) electrons. The van der Waals surface area contributed by atoms with Crippen LogP contribution in [-0.4, -0.2) is 6.04 Å². The summed E-state index contributed by atoms with van der Waals surface area (Å²) in [5.74, 6) is 1.60. The van der Waals surface area contributed by atoms with E-state index in [2.05, 4.69) is 27.7 Å². The Hall–Kier alpha value is -0.0400. The molecule has 0 spiro atoms. The van der Waals surface area contributed by atoms with Gasteiger partial charge in [0.2, 0.25) is 0 Å². The van der Waals surface area contributed by atoms with Gasteiger partial charge in [0, 0.05) is 6.04 Å². The first-order valence-corrected chi connectivity index (χ1v) is 4.77. The van der Waals surface area contributed by atoms with Gasteiger partial charge < -0.3 is 5.73 Å². The summed E-state index contributed by atoms with van der Waals surface area (Å²) in [5, 5.41) is 0. The molecule has 0 aliphatic heterocycles. The van der Waals surface area contributed by atoms with Gasteiger partial charge in [-0.25, -0.2) is 0 Å². The van der Waals surface area contributed by atoms with Gasteiger partial charge in [0.1, 0.15) is 0 Å². The largest absolute Gasteiger partial charge is 0.327 e. The second-order valence-electron chi connectivity index (χ2n) is 4.64. The Labute approximate surface area is 70.4 Å². The lowest BCUT2D eigenvalue weighted by Gasteiger charge is -2.10. The van der Waals surface area contributed by atoms with Crippen LogP contribution in [0.25, 0.3) is 0 Å². The predicted molar refractivity (Wildman–Crippen MR) is 49.3 cm³/mol. The number of rotatable bonds is 3. The van der Waals surface area contributed by atoms with Gasteiger partial charge in [-0.3, -0.25) is 0 Å². The lowest BCUT2D eigenvalue weighted by molar-refractivity contribution is 0.395. The maximum absolute atomic E-state index is 5.98. The Morgan fingerprint density at radius 1 is 1.45 bits per heavy atom. The molecule has 3 atom stereocenters. The first-order chi connectivity index (χ1) is 5.01. The summed E-state index contributed by atoms with van der Waals surface area (Å²) < 4.78 is 0. The zero-order valence-electron chi connectivity index (χ0n) is 8.22. The molecule has 0 aromatic rings. The summed E-state index contributed by atoms with van der Waals surface area (Å²) in [6.07, 6.45) is 2.63. The molecule has 11 heavy (non-hydrogen) atoms. The van der Waals surface area contributed by atoms with E-state index in [1.165, 1.54) is 12.8 Å². The molecule has 1 saturated carbocycles. The van der Waals surface area contributed by atoms with Crippen LogP contribution in [0.4, 0.5) is 0 Å². The monoisotopic (exact) mass is 155 g/mol. The van der Waals surface area contributed by atoms with Crippen LogP contribution in [0.2, 0.25) is 0 Å². The van der Waals surface area contributed by atoms with E-state index in [0.717, 1.165) is 11.8 Å². The first kappa shape index (κ1) is 9.05. The van der Waals surface area contributed by atoms with Crippen LogP contribution in [0.5, 0.6) is 0 Å². The second kappa shape index (κ2) is 2.78. The lowest BCUT2D eigenvalue weighted by atomic mass is 9.95. The van der Waals surface area contributed by atoms with E-state index in [-0.39, 0.29) is 0 Å². The molecule has 0 aromatic carbocycles. The van der Waals surface area contributed by atoms with Gasteiger partial charge in [-0.1, -0.05) is 40.5 Å². The van der Waals surface area contributed by atoms with Crippen LogP contribution < -0.4 is 5.73 Å².